The van der Waals surface area contributed by atoms with Gasteiger partial charge in [-0.15, -0.1) is 0 Å². The first-order valence-electron chi connectivity index (χ1n) is 8.08. The highest BCUT2D eigenvalue weighted by molar-refractivity contribution is 5.83. The van der Waals surface area contributed by atoms with Crippen LogP contribution in [-0.4, -0.2) is 24.5 Å². The Morgan fingerprint density at radius 3 is 2.43 bits per heavy atom. The maximum atomic E-state index is 6.47. The lowest BCUT2D eigenvalue weighted by Gasteiger charge is -2.36. The predicted octanol–water partition coefficient (Wildman–Crippen LogP) is 3.82. The molecule has 21 heavy (non-hydrogen) atoms. The average molecular weight is 282 g/mol. The Balaban J connectivity index is 1.72. The van der Waals surface area contributed by atoms with Gasteiger partial charge in [0.05, 0.1) is 0 Å². The van der Waals surface area contributed by atoms with Gasteiger partial charge in [0.2, 0.25) is 0 Å². The molecule has 0 aromatic heterocycles. The van der Waals surface area contributed by atoms with Gasteiger partial charge >= 0.3 is 0 Å². The van der Waals surface area contributed by atoms with Crippen molar-refractivity contribution in [3.05, 3.63) is 48.0 Å². The van der Waals surface area contributed by atoms with E-state index in [4.69, 9.17) is 5.73 Å². The number of fused-ring (bicyclic) bond motifs is 1. The SMILES string of the molecule is CC1CC(C)CN(CC(N)c2ccc3ccccc3c2)C1. The first-order chi connectivity index (χ1) is 10.1. The molecule has 1 fully saturated rings. The van der Waals surface area contributed by atoms with E-state index in [1.54, 1.807) is 0 Å². The normalized spacial score (nSPS) is 25.1. The van der Waals surface area contributed by atoms with Gasteiger partial charge in [0.1, 0.15) is 0 Å². The molecule has 2 aromatic rings. The van der Waals surface area contributed by atoms with Crippen molar-refractivity contribution in [3.63, 3.8) is 0 Å². The van der Waals surface area contributed by atoms with Gasteiger partial charge in [-0.3, -0.25) is 0 Å². The van der Waals surface area contributed by atoms with E-state index in [9.17, 15) is 0 Å². The largest absolute Gasteiger partial charge is 0.323 e. The molecule has 1 aliphatic rings. The van der Waals surface area contributed by atoms with E-state index < -0.39 is 0 Å². The number of piperidine rings is 1. The Morgan fingerprint density at radius 1 is 1.05 bits per heavy atom. The summed E-state index contributed by atoms with van der Waals surface area (Å²) in [4.78, 5) is 2.54. The quantitative estimate of drug-likeness (QED) is 0.927. The summed E-state index contributed by atoms with van der Waals surface area (Å²) in [6, 6.07) is 15.2. The number of nitrogens with zero attached hydrogens (tertiary/aromatic N) is 1. The number of benzene rings is 2. The Bertz CT molecular complexity index is 597. The van der Waals surface area contributed by atoms with E-state index in [1.165, 1.54) is 35.8 Å². The van der Waals surface area contributed by atoms with Gasteiger partial charge < -0.3 is 10.6 Å². The van der Waals surface area contributed by atoms with Crippen molar-refractivity contribution in [2.75, 3.05) is 19.6 Å². The lowest BCUT2D eigenvalue weighted by Crippen LogP contribution is -2.42. The predicted molar refractivity (Wildman–Crippen MR) is 90.3 cm³/mol. The van der Waals surface area contributed by atoms with Crippen LogP contribution in [0.5, 0.6) is 0 Å². The molecule has 0 amide bonds. The van der Waals surface area contributed by atoms with Crippen LogP contribution in [0.1, 0.15) is 31.9 Å². The van der Waals surface area contributed by atoms with Crippen LogP contribution in [0.3, 0.4) is 0 Å². The summed E-state index contributed by atoms with van der Waals surface area (Å²) in [6.07, 6.45) is 1.35. The number of likely N-dealkylation sites (tertiary alicyclic amines) is 1. The molecule has 3 unspecified atom stereocenters. The summed E-state index contributed by atoms with van der Waals surface area (Å²) >= 11 is 0. The number of rotatable bonds is 3. The van der Waals surface area contributed by atoms with Crippen LogP contribution in [0.4, 0.5) is 0 Å². The molecule has 1 aliphatic heterocycles. The fourth-order valence-electron chi connectivity index (χ4n) is 3.76. The molecule has 2 nitrogen and oxygen atoms in total. The van der Waals surface area contributed by atoms with Crippen molar-refractivity contribution in [1.82, 2.24) is 4.90 Å². The Labute approximate surface area is 127 Å². The highest BCUT2D eigenvalue weighted by Gasteiger charge is 2.23. The zero-order valence-corrected chi connectivity index (χ0v) is 13.1. The maximum absolute atomic E-state index is 6.47. The summed E-state index contributed by atoms with van der Waals surface area (Å²) < 4.78 is 0. The summed E-state index contributed by atoms with van der Waals surface area (Å²) in [7, 11) is 0. The second-order valence-corrected chi connectivity index (χ2v) is 6.88. The summed E-state index contributed by atoms with van der Waals surface area (Å²) in [5, 5.41) is 2.57. The lowest BCUT2D eigenvalue weighted by atomic mass is 9.91. The van der Waals surface area contributed by atoms with Gasteiger partial charge in [-0.05, 0) is 40.7 Å². The molecule has 1 heterocycles. The van der Waals surface area contributed by atoms with Crippen molar-refractivity contribution in [1.29, 1.82) is 0 Å². The molecule has 0 spiro atoms. The van der Waals surface area contributed by atoms with Crippen LogP contribution in [0, 0.1) is 11.8 Å². The first kappa shape index (κ1) is 14.6. The second kappa shape index (κ2) is 6.17. The van der Waals surface area contributed by atoms with Crippen LogP contribution >= 0.6 is 0 Å². The Morgan fingerprint density at radius 2 is 1.71 bits per heavy atom. The maximum Gasteiger partial charge on any atom is 0.0424 e. The zero-order chi connectivity index (χ0) is 14.8. The molecule has 0 bridgehead atoms. The minimum Gasteiger partial charge on any atom is -0.323 e. The van der Waals surface area contributed by atoms with Crippen molar-refractivity contribution < 1.29 is 0 Å². The van der Waals surface area contributed by atoms with E-state index in [-0.39, 0.29) is 6.04 Å². The lowest BCUT2D eigenvalue weighted by molar-refractivity contribution is 0.134. The summed E-state index contributed by atoms with van der Waals surface area (Å²) in [5.41, 5.74) is 7.72. The standard InChI is InChI=1S/C19H26N2/c1-14-9-15(2)12-21(11-14)13-19(20)18-8-7-16-5-3-4-6-17(16)10-18/h3-8,10,14-15,19H,9,11-13,20H2,1-2H3. The summed E-state index contributed by atoms with van der Waals surface area (Å²) in [5.74, 6) is 1.58. The molecule has 0 saturated carbocycles. The Hall–Kier alpha value is -1.38. The number of hydrogen-bond donors (Lipinski definition) is 1. The molecule has 2 aromatic carbocycles. The van der Waals surface area contributed by atoms with E-state index in [0.29, 0.717) is 0 Å². The molecule has 3 rings (SSSR count). The van der Waals surface area contributed by atoms with Crippen molar-refractivity contribution in [2.45, 2.75) is 26.3 Å². The molecule has 0 radical (unpaired) electrons. The smallest absolute Gasteiger partial charge is 0.0424 e. The zero-order valence-electron chi connectivity index (χ0n) is 13.1. The third-order valence-corrected chi connectivity index (χ3v) is 4.60. The van der Waals surface area contributed by atoms with Crippen LogP contribution in [0.25, 0.3) is 10.8 Å². The fraction of sp³-hybridized carbons (Fsp3) is 0.474. The molecule has 3 atom stereocenters. The Kier molecular flexibility index (Phi) is 4.27. The van der Waals surface area contributed by atoms with Gasteiger partial charge in [0, 0.05) is 25.7 Å². The van der Waals surface area contributed by atoms with Crippen LogP contribution in [0.2, 0.25) is 0 Å². The van der Waals surface area contributed by atoms with E-state index in [0.717, 1.165) is 18.4 Å². The molecule has 112 valence electrons. The van der Waals surface area contributed by atoms with E-state index >= 15 is 0 Å². The van der Waals surface area contributed by atoms with Gasteiger partial charge in [0.15, 0.2) is 0 Å². The number of hydrogen-bond acceptors (Lipinski definition) is 2. The van der Waals surface area contributed by atoms with E-state index in [1.807, 2.05) is 0 Å². The van der Waals surface area contributed by atoms with Gasteiger partial charge in [-0.1, -0.05) is 50.2 Å². The van der Waals surface area contributed by atoms with Gasteiger partial charge in [-0.25, -0.2) is 0 Å². The van der Waals surface area contributed by atoms with Crippen molar-refractivity contribution in [3.8, 4) is 0 Å². The van der Waals surface area contributed by atoms with Crippen LogP contribution in [0.15, 0.2) is 42.5 Å². The van der Waals surface area contributed by atoms with Crippen molar-refractivity contribution >= 4 is 10.8 Å². The minimum atomic E-state index is 0.104. The van der Waals surface area contributed by atoms with Gasteiger partial charge in [-0.2, -0.15) is 0 Å². The molecule has 0 aliphatic carbocycles. The monoisotopic (exact) mass is 282 g/mol. The van der Waals surface area contributed by atoms with Gasteiger partial charge in [0.25, 0.3) is 0 Å². The molecule has 1 saturated heterocycles. The molecular weight excluding hydrogens is 256 g/mol. The molecule has 2 heteroatoms. The van der Waals surface area contributed by atoms with E-state index in [2.05, 4.69) is 61.2 Å². The average Bonchev–Trinajstić information content (AvgIpc) is 2.45. The second-order valence-electron chi connectivity index (χ2n) is 6.88. The fourth-order valence-corrected chi connectivity index (χ4v) is 3.76. The third kappa shape index (κ3) is 3.45. The van der Waals surface area contributed by atoms with Crippen LogP contribution < -0.4 is 5.73 Å². The van der Waals surface area contributed by atoms with Crippen molar-refractivity contribution in [2.24, 2.45) is 17.6 Å². The topological polar surface area (TPSA) is 29.3 Å². The highest BCUT2D eigenvalue weighted by Crippen LogP contribution is 2.24. The highest BCUT2D eigenvalue weighted by atomic mass is 15.1. The third-order valence-electron chi connectivity index (χ3n) is 4.60. The number of nitrogens with two attached hydrogens (primary N) is 1. The molecule has 2 N–H and O–H groups in total. The van der Waals surface area contributed by atoms with Crippen LogP contribution in [-0.2, 0) is 0 Å². The minimum absolute atomic E-state index is 0.104. The first-order valence-corrected chi connectivity index (χ1v) is 8.08. The molecular formula is C19H26N2. The summed E-state index contributed by atoms with van der Waals surface area (Å²) in [6.45, 7) is 8.04.